The second-order valence-corrected chi connectivity index (χ2v) is 7.40. The van der Waals surface area contributed by atoms with E-state index in [0.717, 1.165) is 37.1 Å². The minimum absolute atomic E-state index is 0.119. The maximum Gasteiger partial charge on any atom is 0.258 e. The van der Waals surface area contributed by atoms with Gasteiger partial charge in [-0.05, 0) is 44.0 Å². The monoisotopic (exact) mass is 376 g/mol. The highest BCUT2D eigenvalue weighted by atomic mass is 16.2. The molecular weight excluding hydrogens is 348 g/mol. The molecule has 0 aliphatic heterocycles. The summed E-state index contributed by atoms with van der Waals surface area (Å²) >= 11 is 0. The van der Waals surface area contributed by atoms with Gasteiger partial charge in [-0.15, -0.1) is 0 Å². The van der Waals surface area contributed by atoms with Crippen molar-refractivity contribution in [2.75, 3.05) is 4.90 Å². The van der Waals surface area contributed by atoms with Gasteiger partial charge in [-0.25, -0.2) is 0 Å². The molecule has 1 aliphatic carbocycles. The summed E-state index contributed by atoms with van der Waals surface area (Å²) in [5, 5.41) is 3.10. The first-order valence-corrected chi connectivity index (χ1v) is 10.0. The zero-order chi connectivity index (χ0) is 19.9. The quantitative estimate of drug-likeness (QED) is 0.722. The van der Waals surface area contributed by atoms with Crippen molar-refractivity contribution in [1.29, 1.82) is 0 Å². The molecule has 1 unspecified atom stereocenters. The van der Waals surface area contributed by atoms with E-state index in [1.165, 1.54) is 6.42 Å². The lowest BCUT2D eigenvalue weighted by Gasteiger charge is -2.27. The number of carbonyl (C=O) groups excluding carboxylic acids is 2. The number of carbonyl (C=O) groups is 2. The summed E-state index contributed by atoms with van der Waals surface area (Å²) in [6.45, 7) is 5.75. The highest BCUT2D eigenvalue weighted by Gasteiger charge is 2.28. The van der Waals surface area contributed by atoms with Crippen molar-refractivity contribution >= 4 is 23.2 Å². The van der Waals surface area contributed by atoms with E-state index in [0.29, 0.717) is 5.57 Å². The van der Waals surface area contributed by atoms with Gasteiger partial charge in [0.2, 0.25) is 5.91 Å². The summed E-state index contributed by atoms with van der Waals surface area (Å²) in [6.07, 6.45) is 5.55. The third kappa shape index (κ3) is 4.69. The van der Waals surface area contributed by atoms with Crippen LogP contribution in [0.2, 0.25) is 0 Å². The van der Waals surface area contributed by atoms with Crippen LogP contribution in [-0.4, -0.2) is 17.9 Å². The maximum atomic E-state index is 13.3. The number of rotatable bonds is 6. The van der Waals surface area contributed by atoms with Gasteiger partial charge in [0, 0.05) is 23.0 Å². The number of nitrogens with one attached hydrogen (secondary N) is 1. The number of amides is 2. The fourth-order valence-electron chi connectivity index (χ4n) is 3.60. The van der Waals surface area contributed by atoms with Crippen LogP contribution in [0.5, 0.6) is 0 Å². The smallest absolute Gasteiger partial charge is 0.258 e. The molecule has 1 saturated carbocycles. The number of nitrogens with zero attached hydrogens (tertiary/aromatic N) is 1. The van der Waals surface area contributed by atoms with E-state index in [1.54, 1.807) is 11.8 Å². The van der Waals surface area contributed by atoms with Gasteiger partial charge < -0.3 is 5.32 Å². The summed E-state index contributed by atoms with van der Waals surface area (Å²) in [6, 6.07) is 19.1. The van der Waals surface area contributed by atoms with Crippen molar-refractivity contribution in [1.82, 2.24) is 5.32 Å². The largest absolute Gasteiger partial charge is 0.353 e. The predicted molar refractivity (Wildman–Crippen MR) is 113 cm³/mol. The summed E-state index contributed by atoms with van der Waals surface area (Å²) in [4.78, 5) is 27.7. The van der Waals surface area contributed by atoms with Crippen molar-refractivity contribution in [2.24, 2.45) is 5.92 Å². The SMILES string of the molecule is C=C(C(=O)N(c1ccccc1)c1ccccc1)C(C)C(=O)NC1CCCCC1. The van der Waals surface area contributed by atoms with Crippen LogP contribution in [0.25, 0.3) is 0 Å². The summed E-state index contributed by atoms with van der Waals surface area (Å²) in [5.41, 5.74) is 1.79. The predicted octanol–water partition coefficient (Wildman–Crippen LogP) is 4.99. The number of anilines is 2. The average Bonchev–Trinajstić information content (AvgIpc) is 2.75. The van der Waals surface area contributed by atoms with E-state index in [4.69, 9.17) is 0 Å². The van der Waals surface area contributed by atoms with Gasteiger partial charge in [0.15, 0.2) is 0 Å². The van der Waals surface area contributed by atoms with Crippen molar-refractivity contribution in [2.45, 2.75) is 45.1 Å². The molecule has 4 heteroatoms. The Hall–Kier alpha value is -2.88. The van der Waals surface area contributed by atoms with Crippen molar-refractivity contribution in [3.05, 3.63) is 72.8 Å². The van der Waals surface area contributed by atoms with Gasteiger partial charge in [-0.2, -0.15) is 0 Å². The molecule has 28 heavy (non-hydrogen) atoms. The third-order valence-corrected chi connectivity index (χ3v) is 5.37. The zero-order valence-electron chi connectivity index (χ0n) is 16.4. The highest BCUT2D eigenvalue weighted by molar-refractivity contribution is 6.12. The van der Waals surface area contributed by atoms with E-state index in [9.17, 15) is 9.59 Å². The van der Waals surface area contributed by atoms with E-state index in [-0.39, 0.29) is 17.9 Å². The molecule has 0 aromatic heterocycles. The Kier molecular flexibility index (Phi) is 6.64. The fraction of sp³-hybridized carbons (Fsp3) is 0.333. The lowest BCUT2D eigenvalue weighted by molar-refractivity contribution is -0.126. The average molecular weight is 377 g/mol. The number of hydrogen-bond acceptors (Lipinski definition) is 2. The van der Waals surface area contributed by atoms with E-state index in [1.807, 2.05) is 60.7 Å². The van der Waals surface area contributed by atoms with Crippen LogP contribution >= 0.6 is 0 Å². The van der Waals surface area contributed by atoms with Gasteiger partial charge in [-0.3, -0.25) is 14.5 Å². The van der Waals surface area contributed by atoms with Crippen LogP contribution in [0.4, 0.5) is 11.4 Å². The van der Waals surface area contributed by atoms with Crippen molar-refractivity contribution in [3.63, 3.8) is 0 Å². The molecule has 1 fully saturated rings. The first kappa shape index (κ1) is 19.9. The Balaban J connectivity index is 1.78. The molecule has 2 amide bonds. The molecule has 4 nitrogen and oxygen atoms in total. The van der Waals surface area contributed by atoms with Gasteiger partial charge >= 0.3 is 0 Å². The molecule has 146 valence electrons. The third-order valence-electron chi connectivity index (χ3n) is 5.37. The van der Waals surface area contributed by atoms with E-state index >= 15 is 0 Å². The Morgan fingerprint density at radius 3 is 1.93 bits per heavy atom. The molecule has 1 aliphatic rings. The standard InChI is InChI=1S/C24H28N2O2/c1-18(23(27)25-20-12-6-3-7-13-20)19(2)24(28)26(21-14-8-4-9-15-21)22-16-10-5-11-17-22/h4-5,8-11,14-18,20H,2-3,6-7,12-13H2,1H3,(H,25,27). The Bertz CT molecular complexity index is 772. The number of para-hydroxylation sites is 2. The molecule has 1 atom stereocenters. The lowest BCUT2D eigenvalue weighted by Crippen LogP contribution is -2.41. The van der Waals surface area contributed by atoms with E-state index < -0.39 is 5.92 Å². The fourth-order valence-corrected chi connectivity index (χ4v) is 3.60. The van der Waals surface area contributed by atoms with Gasteiger partial charge in [0.1, 0.15) is 0 Å². The van der Waals surface area contributed by atoms with Crippen molar-refractivity contribution in [3.8, 4) is 0 Å². The Morgan fingerprint density at radius 2 is 1.43 bits per heavy atom. The molecule has 2 aromatic rings. The minimum atomic E-state index is -0.579. The molecule has 0 heterocycles. The first-order valence-electron chi connectivity index (χ1n) is 10.0. The number of hydrogen-bond donors (Lipinski definition) is 1. The molecule has 0 bridgehead atoms. The summed E-state index contributed by atoms with van der Waals surface area (Å²) < 4.78 is 0. The number of benzene rings is 2. The van der Waals surface area contributed by atoms with Crippen molar-refractivity contribution < 1.29 is 9.59 Å². The van der Waals surface area contributed by atoms with Crippen LogP contribution in [0.15, 0.2) is 72.8 Å². The molecule has 3 rings (SSSR count). The van der Waals surface area contributed by atoms with Crippen LogP contribution in [0.1, 0.15) is 39.0 Å². The molecule has 1 N–H and O–H groups in total. The van der Waals surface area contributed by atoms with Crippen LogP contribution in [0, 0.1) is 5.92 Å². The molecule has 2 aromatic carbocycles. The normalized spacial score (nSPS) is 15.5. The summed E-state index contributed by atoms with van der Waals surface area (Å²) in [7, 11) is 0. The van der Waals surface area contributed by atoms with Gasteiger partial charge in [0.05, 0.1) is 5.92 Å². The molecule has 0 radical (unpaired) electrons. The zero-order valence-corrected chi connectivity index (χ0v) is 16.4. The van der Waals surface area contributed by atoms with Gasteiger partial charge in [-0.1, -0.05) is 62.2 Å². The molecule has 0 saturated heterocycles. The second kappa shape index (κ2) is 9.36. The topological polar surface area (TPSA) is 49.4 Å². The lowest BCUT2D eigenvalue weighted by atomic mass is 9.94. The van der Waals surface area contributed by atoms with Crippen LogP contribution in [-0.2, 0) is 9.59 Å². The molecular formula is C24H28N2O2. The van der Waals surface area contributed by atoms with Gasteiger partial charge in [0.25, 0.3) is 5.91 Å². The Labute approximate surface area is 167 Å². The maximum absolute atomic E-state index is 13.3. The first-order chi connectivity index (χ1) is 13.6. The summed E-state index contributed by atoms with van der Waals surface area (Å²) in [5.74, 6) is -0.959. The van der Waals surface area contributed by atoms with E-state index in [2.05, 4.69) is 11.9 Å². The second-order valence-electron chi connectivity index (χ2n) is 7.40. The minimum Gasteiger partial charge on any atom is -0.353 e. The van der Waals surface area contributed by atoms with Crippen LogP contribution < -0.4 is 10.2 Å². The highest BCUT2D eigenvalue weighted by Crippen LogP contribution is 2.28. The van der Waals surface area contributed by atoms with Crippen LogP contribution in [0.3, 0.4) is 0 Å². The molecule has 0 spiro atoms. The Morgan fingerprint density at radius 1 is 0.929 bits per heavy atom.